The van der Waals surface area contributed by atoms with Crippen molar-refractivity contribution < 1.29 is 14.3 Å². The molecule has 126 valence electrons. The lowest BCUT2D eigenvalue weighted by Gasteiger charge is -2.26. The van der Waals surface area contributed by atoms with Gasteiger partial charge in [-0.1, -0.05) is 23.5 Å². The lowest BCUT2D eigenvalue weighted by atomic mass is 10.1. The van der Waals surface area contributed by atoms with Crippen LogP contribution in [0.25, 0.3) is 0 Å². The predicted octanol–water partition coefficient (Wildman–Crippen LogP) is 2.70. The Morgan fingerprint density at radius 2 is 2.17 bits per heavy atom. The van der Waals surface area contributed by atoms with Crippen LogP contribution in [0.4, 0.5) is 5.13 Å². The molecule has 0 atom stereocenters. The fourth-order valence-corrected chi connectivity index (χ4v) is 3.74. The van der Waals surface area contributed by atoms with Crippen LogP contribution in [0.1, 0.15) is 34.8 Å². The number of anilines is 1. The largest absolute Gasteiger partial charge is 0.493 e. The summed E-state index contributed by atoms with van der Waals surface area (Å²) in [5.41, 5.74) is 1.54. The number of nitrogens with one attached hydrogen (secondary N) is 1. The molecule has 0 unspecified atom stereocenters. The molecule has 0 fully saturated rings. The SMILES string of the molecule is CCOc1ccccc1C(=O)N1CCc2nc(NC(C)=O)sc2C1. The highest BCUT2D eigenvalue weighted by Gasteiger charge is 2.26. The van der Waals surface area contributed by atoms with Crippen LogP contribution in [0.3, 0.4) is 0 Å². The number of amides is 2. The Balaban J connectivity index is 1.79. The molecule has 1 aromatic carbocycles. The monoisotopic (exact) mass is 345 g/mol. The van der Waals surface area contributed by atoms with Crippen LogP contribution in [-0.2, 0) is 17.8 Å². The normalized spacial score (nSPS) is 13.3. The van der Waals surface area contributed by atoms with Gasteiger partial charge in [0.05, 0.1) is 24.4 Å². The highest BCUT2D eigenvalue weighted by Crippen LogP contribution is 2.30. The minimum absolute atomic E-state index is 0.0424. The van der Waals surface area contributed by atoms with Crippen LogP contribution in [-0.4, -0.2) is 34.8 Å². The second kappa shape index (κ2) is 7.00. The van der Waals surface area contributed by atoms with Crippen molar-refractivity contribution in [3.05, 3.63) is 40.4 Å². The summed E-state index contributed by atoms with van der Waals surface area (Å²) in [7, 11) is 0. The molecule has 7 heteroatoms. The molecule has 0 saturated heterocycles. The van der Waals surface area contributed by atoms with Gasteiger partial charge in [-0.05, 0) is 19.1 Å². The number of benzene rings is 1. The second-order valence-electron chi connectivity index (χ2n) is 5.48. The van der Waals surface area contributed by atoms with E-state index in [2.05, 4.69) is 10.3 Å². The molecular weight excluding hydrogens is 326 g/mol. The van der Waals surface area contributed by atoms with E-state index in [9.17, 15) is 9.59 Å². The number of aromatic nitrogens is 1. The van der Waals surface area contributed by atoms with Gasteiger partial charge in [-0.25, -0.2) is 4.98 Å². The average molecular weight is 345 g/mol. The minimum atomic E-state index is -0.139. The van der Waals surface area contributed by atoms with E-state index in [-0.39, 0.29) is 11.8 Å². The van der Waals surface area contributed by atoms with Crippen LogP contribution in [0, 0.1) is 0 Å². The van der Waals surface area contributed by atoms with E-state index in [4.69, 9.17) is 4.74 Å². The van der Waals surface area contributed by atoms with Gasteiger partial charge in [0, 0.05) is 24.8 Å². The summed E-state index contributed by atoms with van der Waals surface area (Å²) in [4.78, 5) is 31.3. The standard InChI is InChI=1S/C17H19N3O3S/c1-3-23-14-7-5-4-6-12(14)16(22)20-9-8-13-15(10-20)24-17(19-13)18-11(2)21/h4-7H,3,8-10H2,1-2H3,(H,18,19,21). The maximum atomic E-state index is 12.9. The van der Waals surface area contributed by atoms with E-state index in [0.717, 1.165) is 10.6 Å². The lowest BCUT2D eigenvalue weighted by Crippen LogP contribution is -2.35. The quantitative estimate of drug-likeness (QED) is 0.925. The van der Waals surface area contributed by atoms with Gasteiger partial charge in [-0.15, -0.1) is 0 Å². The zero-order valence-electron chi connectivity index (χ0n) is 13.7. The van der Waals surface area contributed by atoms with Crippen LogP contribution in [0.2, 0.25) is 0 Å². The highest BCUT2D eigenvalue weighted by atomic mass is 32.1. The maximum Gasteiger partial charge on any atom is 0.257 e. The van der Waals surface area contributed by atoms with Crippen LogP contribution in [0.5, 0.6) is 5.75 Å². The molecule has 0 aliphatic carbocycles. The Morgan fingerprint density at radius 1 is 1.38 bits per heavy atom. The van der Waals surface area contributed by atoms with Gasteiger partial charge in [0.1, 0.15) is 5.75 Å². The summed E-state index contributed by atoms with van der Waals surface area (Å²) in [6.45, 7) is 4.99. The molecule has 0 spiro atoms. The van der Waals surface area contributed by atoms with E-state index in [1.54, 1.807) is 11.0 Å². The van der Waals surface area contributed by atoms with Crippen molar-refractivity contribution in [3.8, 4) is 5.75 Å². The van der Waals surface area contributed by atoms with Crippen LogP contribution < -0.4 is 10.1 Å². The highest BCUT2D eigenvalue weighted by molar-refractivity contribution is 7.15. The summed E-state index contributed by atoms with van der Waals surface area (Å²) in [6.07, 6.45) is 0.688. The third-order valence-electron chi connectivity index (χ3n) is 3.72. The molecule has 0 radical (unpaired) electrons. The molecule has 0 bridgehead atoms. The summed E-state index contributed by atoms with van der Waals surface area (Å²) >= 11 is 1.43. The molecule has 1 aromatic heterocycles. The van der Waals surface area contributed by atoms with Crippen LogP contribution in [0.15, 0.2) is 24.3 Å². The van der Waals surface area contributed by atoms with Gasteiger partial charge in [0.25, 0.3) is 5.91 Å². The zero-order valence-corrected chi connectivity index (χ0v) is 14.5. The average Bonchev–Trinajstić information content (AvgIpc) is 2.95. The smallest absolute Gasteiger partial charge is 0.257 e. The van der Waals surface area contributed by atoms with Gasteiger partial charge >= 0.3 is 0 Å². The number of para-hydroxylation sites is 1. The molecule has 2 aromatic rings. The Hall–Kier alpha value is -2.41. The topological polar surface area (TPSA) is 71.5 Å². The molecule has 1 N–H and O–H groups in total. The summed E-state index contributed by atoms with van der Waals surface area (Å²) in [5.74, 6) is 0.429. The van der Waals surface area contributed by atoms with E-state index in [1.807, 2.05) is 25.1 Å². The molecule has 2 heterocycles. The maximum absolute atomic E-state index is 12.9. The third kappa shape index (κ3) is 3.41. The predicted molar refractivity (Wildman–Crippen MR) is 92.5 cm³/mol. The van der Waals surface area contributed by atoms with E-state index in [0.29, 0.717) is 42.6 Å². The van der Waals surface area contributed by atoms with Gasteiger partial charge in [0.2, 0.25) is 5.91 Å². The van der Waals surface area contributed by atoms with Crippen molar-refractivity contribution in [2.45, 2.75) is 26.8 Å². The fraction of sp³-hybridized carbons (Fsp3) is 0.353. The molecule has 6 nitrogen and oxygen atoms in total. The first-order valence-corrected chi connectivity index (χ1v) is 8.67. The first kappa shape index (κ1) is 16.4. The Bertz CT molecular complexity index is 772. The first-order valence-electron chi connectivity index (χ1n) is 7.85. The number of fused-ring (bicyclic) bond motifs is 1. The first-order chi connectivity index (χ1) is 11.6. The third-order valence-corrected chi connectivity index (χ3v) is 4.72. The summed E-state index contributed by atoms with van der Waals surface area (Å²) in [6, 6.07) is 7.30. The van der Waals surface area contributed by atoms with E-state index < -0.39 is 0 Å². The lowest BCUT2D eigenvalue weighted by molar-refractivity contribution is -0.114. The van der Waals surface area contributed by atoms with E-state index in [1.165, 1.54) is 18.3 Å². The molecule has 24 heavy (non-hydrogen) atoms. The zero-order chi connectivity index (χ0) is 17.1. The number of hydrogen-bond donors (Lipinski definition) is 1. The number of nitrogens with zero attached hydrogens (tertiary/aromatic N) is 2. The fourth-order valence-electron chi connectivity index (χ4n) is 2.67. The Kier molecular flexibility index (Phi) is 4.80. The van der Waals surface area contributed by atoms with Crippen molar-refractivity contribution >= 4 is 28.3 Å². The van der Waals surface area contributed by atoms with Gasteiger partial charge in [0.15, 0.2) is 5.13 Å². The second-order valence-corrected chi connectivity index (χ2v) is 6.56. The number of ether oxygens (including phenoxy) is 1. The number of carbonyl (C=O) groups excluding carboxylic acids is 2. The van der Waals surface area contributed by atoms with Crippen molar-refractivity contribution in [1.82, 2.24) is 9.88 Å². The van der Waals surface area contributed by atoms with Crippen molar-refractivity contribution in [2.75, 3.05) is 18.5 Å². The minimum Gasteiger partial charge on any atom is -0.493 e. The summed E-state index contributed by atoms with van der Waals surface area (Å²) < 4.78 is 5.56. The molecule has 3 rings (SSSR count). The number of thiazole rings is 1. The Labute approximate surface area is 144 Å². The molecule has 2 amide bonds. The number of carbonyl (C=O) groups is 2. The van der Waals surface area contributed by atoms with Crippen molar-refractivity contribution in [2.24, 2.45) is 0 Å². The molecule has 0 saturated carbocycles. The molecule has 1 aliphatic rings. The number of rotatable bonds is 4. The van der Waals surface area contributed by atoms with Gasteiger partial charge in [-0.2, -0.15) is 0 Å². The van der Waals surface area contributed by atoms with E-state index >= 15 is 0 Å². The van der Waals surface area contributed by atoms with Gasteiger partial charge < -0.3 is 15.0 Å². The molecular formula is C17H19N3O3S. The Morgan fingerprint density at radius 3 is 2.92 bits per heavy atom. The van der Waals surface area contributed by atoms with Gasteiger partial charge in [-0.3, -0.25) is 9.59 Å². The number of hydrogen-bond acceptors (Lipinski definition) is 5. The van der Waals surface area contributed by atoms with Crippen LogP contribution >= 0.6 is 11.3 Å². The van der Waals surface area contributed by atoms with Crippen molar-refractivity contribution in [3.63, 3.8) is 0 Å². The van der Waals surface area contributed by atoms with Crippen molar-refractivity contribution in [1.29, 1.82) is 0 Å². The molecule has 1 aliphatic heterocycles. The summed E-state index contributed by atoms with van der Waals surface area (Å²) in [5, 5.41) is 3.30.